The van der Waals surface area contributed by atoms with Gasteiger partial charge in [0.2, 0.25) is 5.91 Å². The fraction of sp³-hybridized carbons (Fsp3) is 0.286. The molecule has 136 valence electrons. The molecule has 0 radical (unpaired) electrons. The molecular weight excluding hydrogens is 330 g/mol. The van der Waals surface area contributed by atoms with Gasteiger partial charge in [-0.25, -0.2) is 0 Å². The SMILES string of the molecule is CCC(=O)Nc1ccc(C(=O)COC(=O)[C@@H](CC)c2ccccc2)cc1. The van der Waals surface area contributed by atoms with Crippen molar-refractivity contribution < 1.29 is 19.1 Å². The Morgan fingerprint density at radius 1 is 0.962 bits per heavy atom. The quantitative estimate of drug-likeness (QED) is 0.576. The predicted octanol–water partition coefficient (Wildman–Crippen LogP) is 3.95. The minimum absolute atomic E-state index is 0.0930. The van der Waals surface area contributed by atoms with Gasteiger partial charge in [-0.05, 0) is 36.2 Å². The normalized spacial score (nSPS) is 11.5. The minimum Gasteiger partial charge on any atom is -0.457 e. The first kappa shape index (κ1) is 19.4. The van der Waals surface area contributed by atoms with Crippen LogP contribution in [0.5, 0.6) is 0 Å². The number of benzene rings is 2. The summed E-state index contributed by atoms with van der Waals surface area (Å²) in [6, 6.07) is 15.9. The first-order valence-electron chi connectivity index (χ1n) is 8.69. The topological polar surface area (TPSA) is 72.5 Å². The van der Waals surface area contributed by atoms with Crippen LogP contribution in [-0.4, -0.2) is 24.3 Å². The lowest BCUT2D eigenvalue weighted by molar-refractivity contribution is -0.144. The number of carbonyl (C=O) groups excluding carboxylic acids is 3. The second kappa shape index (κ2) is 9.51. The summed E-state index contributed by atoms with van der Waals surface area (Å²) in [6.07, 6.45) is 0.986. The third-order valence-corrected chi connectivity index (χ3v) is 4.05. The predicted molar refractivity (Wildman–Crippen MR) is 100 cm³/mol. The molecule has 2 aromatic rings. The van der Waals surface area contributed by atoms with Gasteiger partial charge in [0.15, 0.2) is 12.4 Å². The van der Waals surface area contributed by atoms with Crippen molar-refractivity contribution in [2.24, 2.45) is 0 Å². The zero-order valence-corrected chi connectivity index (χ0v) is 15.0. The van der Waals surface area contributed by atoms with Crippen molar-refractivity contribution in [2.75, 3.05) is 11.9 Å². The Balaban J connectivity index is 1.93. The van der Waals surface area contributed by atoms with Crippen LogP contribution in [0.1, 0.15) is 48.5 Å². The fourth-order valence-electron chi connectivity index (χ4n) is 2.53. The van der Waals surface area contributed by atoms with Gasteiger partial charge in [-0.3, -0.25) is 14.4 Å². The maximum atomic E-state index is 12.3. The average molecular weight is 353 g/mol. The van der Waals surface area contributed by atoms with Crippen molar-refractivity contribution in [1.29, 1.82) is 0 Å². The van der Waals surface area contributed by atoms with Gasteiger partial charge in [0, 0.05) is 17.7 Å². The number of amides is 1. The zero-order valence-electron chi connectivity index (χ0n) is 15.0. The first-order valence-corrected chi connectivity index (χ1v) is 8.69. The highest BCUT2D eigenvalue weighted by molar-refractivity contribution is 5.99. The Hall–Kier alpha value is -2.95. The lowest BCUT2D eigenvalue weighted by Crippen LogP contribution is -2.20. The van der Waals surface area contributed by atoms with Crippen LogP contribution in [0.4, 0.5) is 5.69 Å². The minimum atomic E-state index is -0.404. The average Bonchev–Trinajstić information content (AvgIpc) is 2.68. The highest BCUT2D eigenvalue weighted by Crippen LogP contribution is 2.21. The maximum Gasteiger partial charge on any atom is 0.313 e. The third-order valence-electron chi connectivity index (χ3n) is 4.05. The molecule has 2 aromatic carbocycles. The second-order valence-corrected chi connectivity index (χ2v) is 5.88. The largest absolute Gasteiger partial charge is 0.457 e. The number of nitrogens with one attached hydrogen (secondary N) is 1. The van der Waals surface area contributed by atoms with E-state index in [4.69, 9.17) is 4.74 Å². The molecule has 0 saturated carbocycles. The highest BCUT2D eigenvalue weighted by atomic mass is 16.5. The van der Waals surface area contributed by atoms with Gasteiger partial charge in [-0.15, -0.1) is 0 Å². The van der Waals surface area contributed by atoms with Crippen molar-refractivity contribution in [3.8, 4) is 0 Å². The molecule has 0 saturated heterocycles. The molecule has 0 aromatic heterocycles. The molecule has 1 amide bonds. The van der Waals surface area contributed by atoms with Gasteiger partial charge in [0.05, 0.1) is 5.92 Å². The molecule has 1 atom stereocenters. The summed E-state index contributed by atoms with van der Waals surface area (Å²) in [7, 11) is 0. The van der Waals surface area contributed by atoms with Gasteiger partial charge >= 0.3 is 5.97 Å². The van der Waals surface area contributed by atoms with Crippen LogP contribution in [-0.2, 0) is 14.3 Å². The molecule has 0 heterocycles. The van der Waals surface area contributed by atoms with Crippen molar-refractivity contribution in [1.82, 2.24) is 0 Å². The molecule has 0 unspecified atom stereocenters. The number of esters is 1. The molecule has 26 heavy (non-hydrogen) atoms. The molecule has 0 spiro atoms. The maximum absolute atomic E-state index is 12.3. The van der Waals surface area contributed by atoms with Gasteiger partial charge in [0.1, 0.15) is 0 Å². The molecule has 5 nitrogen and oxygen atoms in total. The van der Waals surface area contributed by atoms with E-state index in [-0.39, 0.29) is 24.2 Å². The standard InChI is InChI=1S/C21H23NO4/c1-3-18(15-8-6-5-7-9-15)21(25)26-14-19(23)16-10-12-17(13-11-16)22-20(24)4-2/h5-13,18H,3-4,14H2,1-2H3,(H,22,24)/t18-/m0/s1. The van der Waals surface area contributed by atoms with Crippen LogP contribution < -0.4 is 5.32 Å². The number of Topliss-reactive ketones (excluding diaryl/α,β-unsaturated/α-hetero) is 1. The van der Waals surface area contributed by atoms with Gasteiger partial charge in [0.25, 0.3) is 0 Å². The number of carbonyl (C=O) groups is 3. The van der Waals surface area contributed by atoms with Crippen LogP contribution in [0.2, 0.25) is 0 Å². The van der Waals surface area contributed by atoms with Crippen LogP contribution in [0, 0.1) is 0 Å². The fourth-order valence-corrected chi connectivity index (χ4v) is 2.53. The molecule has 2 rings (SSSR count). The van der Waals surface area contributed by atoms with E-state index in [1.54, 1.807) is 31.2 Å². The summed E-state index contributed by atoms with van der Waals surface area (Å²) in [4.78, 5) is 35.9. The molecular formula is C21H23NO4. The van der Waals surface area contributed by atoms with Crippen molar-refractivity contribution in [3.05, 3.63) is 65.7 Å². The summed E-state index contributed by atoms with van der Waals surface area (Å²) >= 11 is 0. The highest BCUT2D eigenvalue weighted by Gasteiger charge is 2.21. The van der Waals surface area contributed by atoms with Crippen LogP contribution in [0.25, 0.3) is 0 Å². The van der Waals surface area contributed by atoms with Gasteiger partial charge in [-0.2, -0.15) is 0 Å². The lowest BCUT2D eigenvalue weighted by Gasteiger charge is -2.14. The van der Waals surface area contributed by atoms with Gasteiger partial charge in [-0.1, -0.05) is 44.2 Å². The summed E-state index contributed by atoms with van der Waals surface area (Å²) in [5.74, 6) is -1.16. The smallest absolute Gasteiger partial charge is 0.313 e. The number of ether oxygens (including phenoxy) is 1. The second-order valence-electron chi connectivity index (χ2n) is 5.88. The Labute approximate surface area is 153 Å². The molecule has 0 aliphatic rings. The number of hydrogen-bond donors (Lipinski definition) is 1. The number of anilines is 1. The number of ketones is 1. The van der Waals surface area contributed by atoms with Crippen molar-refractivity contribution in [3.63, 3.8) is 0 Å². The third kappa shape index (κ3) is 5.28. The molecule has 1 N–H and O–H groups in total. The number of hydrogen-bond acceptors (Lipinski definition) is 4. The van der Waals surface area contributed by atoms with E-state index < -0.39 is 5.97 Å². The Kier molecular flexibility index (Phi) is 7.09. The Morgan fingerprint density at radius 3 is 2.19 bits per heavy atom. The molecule has 0 bridgehead atoms. The van der Waals surface area contributed by atoms with Crippen molar-refractivity contribution in [2.45, 2.75) is 32.6 Å². The van der Waals surface area contributed by atoms with Crippen LogP contribution in [0.3, 0.4) is 0 Å². The summed E-state index contributed by atoms with van der Waals surface area (Å²) in [5.41, 5.74) is 1.93. The summed E-state index contributed by atoms with van der Waals surface area (Å²) in [6.45, 7) is 3.37. The lowest BCUT2D eigenvalue weighted by atomic mass is 9.97. The van der Waals surface area contributed by atoms with E-state index in [0.717, 1.165) is 5.56 Å². The van der Waals surface area contributed by atoms with E-state index in [0.29, 0.717) is 24.1 Å². The van der Waals surface area contributed by atoms with Crippen LogP contribution in [0.15, 0.2) is 54.6 Å². The van der Waals surface area contributed by atoms with E-state index in [1.165, 1.54) is 0 Å². The summed E-state index contributed by atoms with van der Waals surface area (Å²) in [5, 5.41) is 2.71. The number of rotatable bonds is 8. The monoisotopic (exact) mass is 353 g/mol. The first-order chi connectivity index (χ1) is 12.5. The van der Waals surface area contributed by atoms with E-state index in [2.05, 4.69) is 5.32 Å². The van der Waals surface area contributed by atoms with E-state index in [9.17, 15) is 14.4 Å². The Bertz CT molecular complexity index is 753. The molecule has 5 heteroatoms. The van der Waals surface area contributed by atoms with Gasteiger partial charge < -0.3 is 10.1 Å². The van der Waals surface area contributed by atoms with E-state index in [1.807, 2.05) is 37.3 Å². The summed E-state index contributed by atoms with van der Waals surface area (Å²) < 4.78 is 5.22. The molecule has 0 fully saturated rings. The van der Waals surface area contributed by atoms with E-state index >= 15 is 0 Å². The zero-order chi connectivity index (χ0) is 18.9. The molecule has 0 aliphatic carbocycles. The molecule has 0 aliphatic heterocycles. The van der Waals surface area contributed by atoms with Crippen molar-refractivity contribution >= 4 is 23.3 Å². The van der Waals surface area contributed by atoms with Crippen LogP contribution >= 0.6 is 0 Å². The Morgan fingerprint density at radius 2 is 1.62 bits per heavy atom.